The van der Waals surface area contributed by atoms with Gasteiger partial charge in [-0.25, -0.2) is 4.39 Å². The van der Waals surface area contributed by atoms with Crippen molar-refractivity contribution in [2.75, 3.05) is 0 Å². The van der Waals surface area contributed by atoms with E-state index in [0.717, 1.165) is 10.9 Å². The molecule has 2 aromatic carbocycles. The Hall–Kier alpha value is -1.19. The van der Waals surface area contributed by atoms with E-state index < -0.39 is 0 Å². The molecule has 2 unspecified atom stereocenters. The van der Waals surface area contributed by atoms with Gasteiger partial charge in [0.15, 0.2) is 0 Å². The first-order valence-electron chi connectivity index (χ1n) is 6.86. The topological polar surface area (TPSA) is 26.0 Å². The third-order valence-corrected chi connectivity index (χ3v) is 4.15. The molecule has 20 heavy (non-hydrogen) atoms. The minimum atomic E-state index is -0.197. The van der Waals surface area contributed by atoms with E-state index in [9.17, 15) is 4.39 Å². The summed E-state index contributed by atoms with van der Waals surface area (Å²) >= 11 is 3.27. The molecule has 0 aliphatic rings. The Bertz CT molecular complexity index is 556. The second-order valence-corrected chi connectivity index (χ2v) is 5.94. The van der Waals surface area contributed by atoms with Crippen molar-refractivity contribution >= 4 is 15.9 Å². The zero-order valence-electron chi connectivity index (χ0n) is 11.5. The molecule has 0 fully saturated rings. The van der Waals surface area contributed by atoms with E-state index in [2.05, 4.69) is 35.0 Å². The number of nitrogens with two attached hydrogens (primary N) is 1. The summed E-state index contributed by atoms with van der Waals surface area (Å²) in [4.78, 5) is 0. The van der Waals surface area contributed by atoms with Gasteiger partial charge in [-0.05, 0) is 42.0 Å². The van der Waals surface area contributed by atoms with E-state index in [4.69, 9.17) is 5.73 Å². The van der Waals surface area contributed by atoms with Crippen LogP contribution in [0.4, 0.5) is 4.39 Å². The molecule has 0 bridgehead atoms. The van der Waals surface area contributed by atoms with Crippen molar-refractivity contribution in [3.63, 3.8) is 0 Å². The lowest BCUT2D eigenvalue weighted by Crippen LogP contribution is -2.30. The van der Waals surface area contributed by atoms with Crippen LogP contribution in [-0.2, 0) is 6.42 Å². The molecule has 0 saturated carbocycles. The summed E-state index contributed by atoms with van der Waals surface area (Å²) in [6, 6.07) is 15.3. The third kappa shape index (κ3) is 3.68. The molecule has 0 aliphatic heterocycles. The number of hydrogen-bond acceptors (Lipinski definition) is 1. The van der Waals surface area contributed by atoms with Gasteiger partial charge < -0.3 is 5.73 Å². The van der Waals surface area contributed by atoms with Crippen LogP contribution in [0.15, 0.2) is 53.0 Å². The lowest BCUT2D eigenvalue weighted by Gasteiger charge is -2.23. The first kappa shape index (κ1) is 15.2. The summed E-state index contributed by atoms with van der Waals surface area (Å²) < 4.78 is 14.6. The van der Waals surface area contributed by atoms with E-state index >= 15 is 0 Å². The Morgan fingerprint density at radius 3 is 2.45 bits per heavy atom. The SMILES string of the molecule is CCC(c1ccccc1)C(N)Cc1ccc(Br)cc1F. The van der Waals surface area contributed by atoms with Crippen molar-refractivity contribution in [1.82, 2.24) is 0 Å². The maximum absolute atomic E-state index is 13.9. The van der Waals surface area contributed by atoms with Gasteiger partial charge >= 0.3 is 0 Å². The molecule has 0 heterocycles. The average molecular weight is 336 g/mol. The molecule has 0 aliphatic carbocycles. The van der Waals surface area contributed by atoms with E-state index in [-0.39, 0.29) is 17.8 Å². The standard InChI is InChI=1S/C17H19BrFN/c1-2-15(12-6-4-3-5-7-12)17(20)10-13-8-9-14(18)11-16(13)19/h3-9,11,15,17H,2,10,20H2,1H3. The van der Waals surface area contributed by atoms with E-state index in [1.165, 1.54) is 11.6 Å². The summed E-state index contributed by atoms with van der Waals surface area (Å²) in [5.74, 6) is 0.0528. The first-order valence-corrected chi connectivity index (χ1v) is 7.65. The van der Waals surface area contributed by atoms with Crippen LogP contribution in [0.5, 0.6) is 0 Å². The Morgan fingerprint density at radius 1 is 1.15 bits per heavy atom. The fourth-order valence-corrected chi connectivity index (χ4v) is 2.90. The highest BCUT2D eigenvalue weighted by Crippen LogP contribution is 2.25. The van der Waals surface area contributed by atoms with Gasteiger partial charge in [0.05, 0.1) is 0 Å². The van der Waals surface area contributed by atoms with Crippen LogP contribution in [0.3, 0.4) is 0 Å². The van der Waals surface area contributed by atoms with E-state index in [0.29, 0.717) is 12.0 Å². The molecule has 2 aromatic rings. The van der Waals surface area contributed by atoms with Crippen molar-refractivity contribution in [3.05, 3.63) is 69.9 Å². The van der Waals surface area contributed by atoms with Gasteiger partial charge in [-0.2, -0.15) is 0 Å². The van der Waals surface area contributed by atoms with Crippen molar-refractivity contribution in [2.24, 2.45) is 5.73 Å². The van der Waals surface area contributed by atoms with Crippen molar-refractivity contribution in [1.29, 1.82) is 0 Å². The van der Waals surface area contributed by atoms with Crippen LogP contribution >= 0.6 is 15.9 Å². The molecule has 2 rings (SSSR count). The highest BCUT2D eigenvalue weighted by molar-refractivity contribution is 9.10. The summed E-state index contributed by atoms with van der Waals surface area (Å²) in [5.41, 5.74) is 8.22. The van der Waals surface area contributed by atoms with Gasteiger partial charge in [0.2, 0.25) is 0 Å². The fourth-order valence-electron chi connectivity index (χ4n) is 2.57. The molecule has 0 radical (unpaired) electrons. The monoisotopic (exact) mass is 335 g/mol. The summed E-state index contributed by atoms with van der Waals surface area (Å²) in [6.45, 7) is 2.12. The van der Waals surface area contributed by atoms with Crippen molar-refractivity contribution < 1.29 is 4.39 Å². The van der Waals surface area contributed by atoms with Crippen LogP contribution < -0.4 is 5.73 Å². The molecule has 2 atom stereocenters. The summed E-state index contributed by atoms with van der Waals surface area (Å²) in [6.07, 6.45) is 1.50. The Morgan fingerprint density at radius 2 is 1.85 bits per heavy atom. The van der Waals surface area contributed by atoms with Crippen LogP contribution in [0.2, 0.25) is 0 Å². The maximum Gasteiger partial charge on any atom is 0.127 e. The van der Waals surface area contributed by atoms with Gasteiger partial charge in [-0.3, -0.25) is 0 Å². The number of benzene rings is 2. The highest BCUT2D eigenvalue weighted by Gasteiger charge is 2.19. The van der Waals surface area contributed by atoms with Crippen LogP contribution in [0.1, 0.15) is 30.4 Å². The molecule has 1 nitrogen and oxygen atoms in total. The van der Waals surface area contributed by atoms with Crippen LogP contribution in [-0.4, -0.2) is 6.04 Å². The van der Waals surface area contributed by atoms with E-state index in [1.807, 2.05) is 24.3 Å². The van der Waals surface area contributed by atoms with Gasteiger partial charge in [0.1, 0.15) is 5.82 Å². The lowest BCUT2D eigenvalue weighted by atomic mass is 9.86. The minimum absolute atomic E-state index is 0.0851. The molecular formula is C17H19BrFN. The summed E-state index contributed by atoms with van der Waals surface area (Å²) in [5, 5.41) is 0. The maximum atomic E-state index is 13.9. The minimum Gasteiger partial charge on any atom is -0.327 e. The van der Waals surface area contributed by atoms with Crippen LogP contribution in [0, 0.1) is 5.82 Å². The molecule has 0 spiro atoms. The Kier molecular flexibility index (Phi) is 5.32. The Labute approximate surface area is 128 Å². The normalized spacial score (nSPS) is 14.0. The van der Waals surface area contributed by atoms with Crippen molar-refractivity contribution in [3.8, 4) is 0 Å². The number of rotatable bonds is 5. The zero-order valence-corrected chi connectivity index (χ0v) is 13.1. The third-order valence-electron chi connectivity index (χ3n) is 3.66. The lowest BCUT2D eigenvalue weighted by molar-refractivity contribution is 0.501. The largest absolute Gasteiger partial charge is 0.327 e. The van der Waals surface area contributed by atoms with Gasteiger partial charge in [-0.15, -0.1) is 0 Å². The highest BCUT2D eigenvalue weighted by atomic mass is 79.9. The Balaban J connectivity index is 2.15. The smallest absolute Gasteiger partial charge is 0.127 e. The predicted molar refractivity (Wildman–Crippen MR) is 85.3 cm³/mol. The molecule has 106 valence electrons. The van der Waals surface area contributed by atoms with Gasteiger partial charge in [-0.1, -0.05) is 59.3 Å². The second kappa shape index (κ2) is 7.00. The second-order valence-electron chi connectivity index (χ2n) is 5.03. The van der Waals surface area contributed by atoms with Crippen molar-refractivity contribution in [2.45, 2.75) is 31.7 Å². The molecule has 3 heteroatoms. The van der Waals surface area contributed by atoms with Gasteiger partial charge in [0, 0.05) is 10.5 Å². The zero-order chi connectivity index (χ0) is 14.5. The molecular weight excluding hydrogens is 317 g/mol. The quantitative estimate of drug-likeness (QED) is 0.845. The number of hydrogen-bond donors (Lipinski definition) is 1. The molecule has 0 saturated heterocycles. The first-order chi connectivity index (χ1) is 9.61. The molecule has 0 amide bonds. The average Bonchev–Trinajstić information content (AvgIpc) is 2.44. The fraction of sp³-hybridized carbons (Fsp3) is 0.294. The van der Waals surface area contributed by atoms with Crippen LogP contribution in [0.25, 0.3) is 0 Å². The summed E-state index contributed by atoms with van der Waals surface area (Å²) in [7, 11) is 0. The van der Waals surface area contributed by atoms with E-state index in [1.54, 1.807) is 6.07 Å². The predicted octanol–water partition coefficient (Wildman–Crippen LogP) is 4.65. The molecule has 0 aromatic heterocycles. The molecule has 2 N–H and O–H groups in total. The number of halogens is 2. The van der Waals surface area contributed by atoms with Gasteiger partial charge in [0.25, 0.3) is 0 Å².